The Morgan fingerprint density at radius 3 is 1.22 bits per heavy atom. The maximum Gasteiger partial charge on any atom is 0.155 e. The van der Waals surface area contributed by atoms with Gasteiger partial charge < -0.3 is 5.73 Å². The highest BCUT2D eigenvalue weighted by atomic mass is 16.1. The molecule has 0 aromatic rings. The van der Waals surface area contributed by atoms with Crippen LogP contribution >= 0.6 is 0 Å². The molecule has 0 heterocycles. The van der Waals surface area contributed by atoms with Crippen LogP contribution in [0.3, 0.4) is 0 Å². The van der Waals surface area contributed by atoms with Crippen LogP contribution < -0.4 is 5.73 Å². The average molecular weight is 324 g/mol. The molecule has 0 bridgehead atoms. The molecule has 0 aromatic heterocycles. The van der Waals surface area contributed by atoms with Crippen LogP contribution in [0, 0.1) is 0 Å². The van der Waals surface area contributed by atoms with Gasteiger partial charge in [-0.1, -0.05) is 96.5 Å². The molecule has 0 unspecified atom stereocenters. The van der Waals surface area contributed by atoms with Crippen LogP contribution in [0.5, 0.6) is 0 Å². The Kier molecular flexibility index (Phi) is 18.9. The van der Waals surface area contributed by atoms with Crippen LogP contribution in [0.2, 0.25) is 0 Å². The molecule has 0 aliphatic carbocycles. The number of hydrogen-bond acceptors (Lipinski definition) is 2. The van der Waals surface area contributed by atoms with Crippen molar-refractivity contribution in [1.82, 2.24) is 0 Å². The minimum Gasteiger partial charge on any atom is -0.330 e. The van der Waals surface area contributed by atoms with Gasteiger partial charge in [-0.3, -0.25) is 4.79 Å². The van der Waals surface area contributed by atoms with E-state index in [4.69, 9.17) is 5.73 Å². The minimum absolute atomic E-state index is 0.195. The Hall–Kier alpha value is -0.630. The number of nitrogens with two attached hydrogens (primary N) is 1. The lowest BCUT2D eigenvalue weighted by Crippen LogP contribution is -1.97. The molecule has 0 fully saturated rings. The molecule has 0 saturated carbocycles. The molecule has 136 valence electrons. The first-order valence-corrected chi connectivity index (χ1v) is 10.2. The van der Waals surface area contributed by atoms with Crippen LogP contribution in [0.25, 0.3) is 0 Å². The Bertz CT molecular complexity index is 263. The van der Waals surface area contributed by atoms with Crippen molar-refractivity contribution < 1.29 is 4.79 Å². The standard InChI is InChI=1S/C21H41NO/c1-2-21(23)19-17-15-13-11-9-7-5-3-4-6-8-10-12-14-16-18-20-22/h2H,1,3-20,22H2. The highest BCUT2D eigenvalue weighted by molar-refractivity contribution is 5.88. The van der Waals surface area contributed by atoms with Gasteiger partial charge in [-0.2, -0.15) is 0 Å². The van der Waals surface area contributed by atoms with Crippen molar-refractivity contribution in [2.75, 3.05) is 6.54 Å². The van der Waals surface area contributed by atoms with E-state index in [2.05, 4.69) is 6.58 Å². The summed E-state index contributed by atoms with van der Waals surface area (Å²) in [7, 11) is 0. The summed E-state index contributed by atoms with van der Waals surface area (Å²) in [6.45, 7) is 4.36. The minimum atomic E-state index is 0.195. The van der Waals surface area contributed by atoms with Crippen molar-refractivity contribution in [3.8, 4) is 0 Å². The molecule has 2 nitrogen and oxygen atoms in total. The molecule has 23 heavy (non-hydrogen) atoms. The van der Waals surface area contributed by atoms with Gasteiger partial charge in [0.2, 0.25) is 0 Å². The molecule has 2 N–H and O–H groups in total. The monoisotopic (exact) mass is 323 g/mol. The zero-order valence-electron chi connectivity index (χ0n) is 15.5. The highest BCUT2D eigenvalue weighted by Gasteiger charge is 1.97. The van der Waals surface area contributed by atoms with E-state index in [1.807, 2.05) is 0 Å². The Labute approximate surface area is 145 Å². The summed E-state index contributed by atoms with van der Waals surface area (Å²) in [5.41, 5.74) is 5.49. The molecule has 2 heteroatoms. The summed E-state index contributed by atoms with van der Waals surface area (Å²) >= 11 is 0. The number of unbranched alkanes of at least 4 members (excludes halogenated alkanes) is 15. The predicted octanol–water partition coefficient (Wildman–Crippen LogP) is 6.33. The van der Waals surface area contributed by atoms with E-state index in [9.17, 15) is 4.79 Å². The third-order valence-electron chi connectivity index (χ3n) is 4.60. The third kappa shape index (κ3) is 19.3. The lowest BCUT2D eigenvalue weighted by molar-refractivity contribution is -0.114. The summed E-state index contributed by atoms with van der Waals surface area (Å²) in [6, 6.07) is 0. The molecule has 0 aliphatic heterocycles. The number of carbonyl (C=O) groups is 1. The van der Waals surface area contributed by atoms with Crippen molar-refractivity contribution in [2.45, 2.75) is 109 Å². The van der Waals surface area contributed by atoms with E-state index in [-0.39, 0.29) is 5.78 Å². The van der Waals surface area contributed by atoms with E-state index in [0.717, 1.165) is 13.0 Å². The second-order valence-corrected chi connectivity index (χ2v) is 6.87. The van der Waals surface area contributed by atoms with Gasteiger partial charge in [-0.15, -0.1) is 0 Å². The van der Waals surface area contributed by atoms with Crippen LogP contribution in [0.1, 0.15) is 109 Å². The van der Waals surface area contributed by atoms with Crippen LogP contribution in [-0.2, 0) is 4.79 Å². The highest BCUT2D eigenvalue weighted by Crippen LogP contribution is 2.14. The lowest BCUT2D eigenvalue weighted by atomic mass is 10.0. The average Bonchev–Trinajstić information content (AvgIpc) is 2.57. The number of hydrogen-bond donors (Lipinski definition) is 1. The molecule has 0 aliphatic rings. The van der Waals surface area contributed by atoms with E-state index in [0.29, 0.717) is 6.42 Å². The first-order chi connectivity index (χ1) is 11.3. The van der Waals surface area contributed by atoms with Gasteiger partial charge in [-0.05, 0) is 25.5 Å². The van der Waals surface area contributed by atoms with E-state index in [1.165, 1.54) is 102 Å². The quantitative estimate of drug-likeness (QED) is 0.223. The van der Waals surface area contributed by atoms with Crippen LogP contribution in [-0.4, -0.2) is 12.3 Å². The maximum absolute atomic E-state index is 11.0. The van der Waals surface area contributed by atoms with Gasteiger partial charge in [0, 0.05) is 6.42 Å². The Balaban J connectivity index is 3.00. The maximum atomic E-state index is 11.0. The van der Waals surface area contributed by atoms with Crippen LogP contribution in [0.4, 0.5) is 0 Å². The molecule has 0 amide bonds. The first-order valence-electron chi connectivity index (χ1n) is 10.2. The molecule has 0 spiro atoms. The third-order valence-corrected chi connectivity index (χ3v) is 4.60. The van der Waals surface area contributed by atoms with E-state index >= 15 is 0 Å². The summed E-state index contributed by atoms with van der Waals surface area (Å²) in [5.74, 6) is 0.195. The summed E-state index contributed by atoms with van der Waals surface area (Å²) in [4.78, 5) is 11.0. The summed E-state index contributed by atoms with van der Waals surface area (Å²) < 4.78 is 0. The lowest BCUT2D eigenvalue weighted by Gasteiger charge is -2.03. The number of allylic oxidation sites excluding steroid dienone is 1. The Morgan fingerprint density at radius 1 is 0.609 bits per heavy atom. The van der Waals surface area contributed by atoms with Crippen molar-refractivity contribution in [3.05, 3.63) is 12.7 Å². The summed E-state index contributed by atoms with van der Waals surface area (Å²) in [6.07, 6.45) is 23.6. The van der Waals surface area contributed by atoms with Crippen LogP contribution in [0.15, 0.2) is 12.7 Å². The second kappa shape index (κ2) is 19.4. The van der Waals surface area contributed by atoms with Gasteiger partial charge in [0.1, 0.15) is 0 Å². The van der Waals surface area contributed by atoms with Gasteiger partial charge in [-0.25, -0.2) is 0 Å². The molecule has 0 aromatic carbocycles. The number of rotatable bonds is 19. The fourth-order valence-electron chi connectivity index (χ4n) is 3.02. The van der Waals surface area contributed by atoms with E-state index in [1.54, 1.807) is 0 Å². The van der Waals surface area contributed by atoms with Gasteiger partial charge in [0.05, 0.1) is 0 Å². The molecular formula is C21H41NO. The largest absolute Gasteiger partial charge is 0.330 e. The normalized spacial score (nSPS) is 10.8. The van der Waals surface area contributed by atoms with Crippen molar-refractivity contribution in [1.29, 1.82) is 0 Å². The molecule has 0 radical (unpaired) electrons. The zero-order valence-corrected chi connectivity index (χ0v) is 15.5. The van der Waals surface area contributed by atoms with Gasteiger partial charge >= 0.3 is 0 Å². The summed E-state index contributed by atoms with van der Waals surface area (Å²) in [5, 5.41) is 0. The van der Waals surface area contributed by atoms with Crippen molar-refractivity contribution in [2.24, 2.45) is 5.73 Å². The van der Waals surface area contributed by atoms with Crippen molar-refractivity contribution in [3.63, 3.8) is 0 Å². The van der Waals surface area contributed by atoms with E-state index < -0.39 is 0 Å². The Morgan fingerprint density at radius 2 is 0.913 bits per heavy atom. The first kappa shape index (κ1) is 22.4. The van der Waals surface area contributed by atoms with Crippen molar-refractivity contribution >= 4 is 5.78 Å². The molecule has 0 rings (SSSR count). The zero-order chi connectivity index (χ0) is 17.0. The molecule has 0 saturated heterocycles. The SMILES string of the molecule is C=CC(=O)CCCCCCCCCCCCCCCCCCN. The smallest absolute Gasteiger partial charge is 0.155 e. The molecule has 0 atom stereocenters. The van der Waals surface area contributed by atoms with Gasteiger partial charge in [0.15, 0.2) is 5.78 Å². The topological polar surface area (TPSA) is 43.1 Å². The number of ketones is 1. The predicted molar refractivity (Wildman–Crippen MR) is 103 cm³/mol. The van der Waals surface area contributed by atoms with Gasteiger partial charge in [0.25, 0.3) is 0 Å². The molecular weight excluding hydrogens is 282 g/mol. The fourth-order valence-corrected chi connectivity index (χ4v) is 3.02. The fraction of sp³-hybridized carbons (Fsp3) is 0.857. The number of carbonyl (C=O) groups excluding carboxylic acids is 1. The second-order valence-electron chi connectivity index (χ2n) is 6.87.